The van der Waals surface area contributed by atoms with Crippen LogP contribution in [0.2, 0.25) is 0 Å². The maximum absolute atomic E-state index is 6.76. The van der Waals surface area contributed by atoms with E-state index in [2.05, 4.69) is 46.9 Å². The highest BCUT2D eigenvalue weighted by molar-refractivity contribution is 14.1. The molecule has 4 aliphatic rings. The fourth-order valence-corrected chi connectivity index (χ4v) is 7.96. The van der Waals surface area contributed by atoms with Crippen molar-refractivity contribution in [2.45, 2.75) is 118 Å². The van der Waals surface area contributed by atoms with Crippen LogP contribution in [0.3, 0.4) is 0 Å². The molecule has 7 rings (SSSR count). The second-order valence-electron chi connectivity index (χ2n) is 14.0. The van der Waals surface area contributed by atoms with E-state index < -0.39 is 60.8 Å². The van der Waals surface area contributed by atoms with E-state index in [0.717, 1.165) is 16.7 Å². The lowest BCUT2D eigenvalue weighted by Gasteiger charge is -2.38. The van der Waals surface area contributed by atoms with Gasteiger partial charge in [-0.1, -0.05) is 114 Å². The fraction of sp³-hybridized carbons (Fsp3) is 0.538. The van der Waals surface area contributed by atoms with Crippen LogP contribution in [0, 0.1) is 0 Å². The summed E-state index contributed by atoms with van der Waals surface area (Å²) in [6.45, 7) is 9.13. The first-order valence-corrected chi connectivity index (χ1v) is 18.6. The van der Waals surface area contributed by atoms with Gasteiger partial charge in [-0.05, 0) is 44.4 Å². The second-order valence-corrected chi connectivity index (χ2v) is 15.5. The van der Waals surface area contributed by atoms with Gasteiger partial charge in [0.15, 0.2) is 24.2 Å². The standard InChI is InChI=1S/C39H47IO10/c1-38(2)47-32-29(46-37-35(34(32)48-38)49-39(3,4)50-37)24-45-36-30(40)33(43-22-27-18-12-7-13-19-27)31(42-21-26-16-10-6-11-17-26)28(23-44-36)41-20-25-14-8-5-9-15-25/h5-19,28-37H,20-24H2,1-4H3/t28-,29-,30+,31+,32+,33+,34+,35-,36-,37-/m1/s1. The van der Waals surface area contributed by atoms with Crippen LogP contribution >= 0.6 is 22.6 Å². The molecule has 10 nitrogen and oxygen atoms in total. The van der Waals surface area contributed by atoms with Crippen LogP contribution in [0.25, 0.3) is 0 Å². The van der Waals surface area contributed by atoms with E-state index >= 15 is 0 Å². The molecule has 4 aliphatic heterocycles. The Kier molecular flexibility index (Phi) is 11.6. The van der Waals surface area contributed by atoms with Crippen molar-refractivity contribution in [2.24, 2.45) is 0 Å². The molecule has 0 unspecified atom stereocenters. The van der Waals surface area contributed by atoms with Crippen LogP contribution < -0.4 is 0 Å². The summed E-state index contributed by atoms with van der Waals surface area (Å²) in [5, 5.41) is 0. The summed E-state index contributed by atoms with van der Waals surface area (Å²) in [4.78, 5) is 0. The van der Waals surface area contributed by atoms with E-state index in [1.54, 1.807) is 0 Å². The molecule has 0 aromatic heterocycles. The van der Waals surface area contributed by atoms with Crippen molar-refractivity contribution < 1.29 is 47.4 Å². The predicted octanol–water partition coefficient (Wildman–Crippen LogP) is 6.32. The largest absolute Gasteiger partial charge is 0.369 e. The molecular weight excluding hydrogens is 755 g/mol. The fourth-order valence-electron chi connectivity index (χ4n) is 6.92. The molecular formula is C39H47IO10. The van der Waals surface area contributed by atoms with Crippen LogP contribution in [0.4, 0.5) is 0 Å². The van der Waals surface area contributed by atoms with Crippen molar-refractivity contribution >= 4 is 22.6 Å². The third-order valence-electron chi connectivity index (χ3n) is 9.24. The molecule has 270 valence electrons. The number of hydrogen-bond acceptors (Lipinski definition) is 10. The molecule has 3 aromatic carbocycles. The van der Waals surface area contributed by atoms with Crippen LogP contribution in [-0.2, 0) is 67.2 Å². The molecule has 11 heteroatoms. The number of rotatable bonds is 12. The topological polar surface area (TPSA) is 92.3 Å². The van der Waals surface area contributed by atoms with E-state index in [0.29, 0.717) is 19.8 Å². The summed E-state index contributed by atoms with van der Waals surface area (Å²) < 4.78 is 64.4. The quantitative estimate of drug-likeness (QED) is 0.153. The smallest absolute Gasteiger partial charge is 0.190 e. The third kappa shape index (κ3) is 8.78. The zero-order chi connectivity index (χ0) is 34.7. The van der Waals surface area contributed by atoms with Crippen LogP contribution in [-0.4, -0.2) is 84.0 Å². The Morgan fingerprint density at radius 2 is 1.10 bits per heavy atom. The van der Waals surface area contributed by atoms with Crippen molar-refractivity contribution in [3.63, 3.8) is 0 Å². The molecule has 0 amide bonds. The first-order chi connectivity index (χ1) is 24.1. The van der Waals surface area contributed by atoms with E-state index in [-0.39, 0.29) is 23.2 Å². The number of fused-ring (bicyclic) bond motifs is 3. The lowest BCUT2D eigenvalue weighted by Crippen LogP contribution is -2.56. The highest BCUT2D eigenvalue weighted by Crippen LogP contribution is 2.44. The summed E-state index contributed by atoms with van der Waals surface area (Å²) in [7, 11) is 0. The van der Waals surface area contributed by atoms with Gasteiger partial charge in [-0.15, -0.1) is 0 Å². The van der Waals surface area contributed by atoms with Crippen molar-refractivity contribution in [3.05, 3.63) is 108 Å². The monoisotopic (exact) mass is 802 g/mol. The summed E-state index contributed by atoms with van der Waals surface area (Å²) in [5.74, 6) is -1.62. The summed E-state index contributed by atoms with van der Waals surface area (Å²) in [5.41, 5.74) is 3.18. The van der Waals surface area contributed by atoms with E-state index in [4.69, 9.17) is 47.4 Å². The molecule has 0 bridgehead atoms. The maximum Gasteiger partial charge on any atom is 0.190 e. The normalized spacial score (nSPS) is 34.5. The first-order valence-electron chi connectivity index (χ1n) is 17.3. The van der Waals surface area contributed by atoms with Crippen molar-refractivity contribution in [1.82, 2.24) is 0 Å². The molecule has 0 saturated carbocycles. The highest BCUT2D eigenvalue weighted by atomic mass is 127. The molecule has 10 atom stereocenters. The average Bonchev–Trinajstić information content (AvgIpc) is 3.58. The second kappa shape index (κ2) is 15.9. The Morgan fingerprint density at radius 1 is 0.600 bits per heavy atom. The van der Waals surface area contributed by atoms with E-state index in [1.165, 1.54) is 0 Å². The van der Waals surface area contributed by atoms with E-state index in [9.17, 15) is 0 Å². The minimum absolute atomic E-state index is 0.175. The number of alkyl halides is 1. The average molecular weight is 803 g/mol. The number of ether oxygens (including phenoxy) is 10. The molecule has 0 radical (unpaired) electrons. The molecule has 0 N–H and O–H groups in total. The Bertz CT molecular complexity index is 1490. The van der Waals surface area contributed by atoms with Gasteiger partial charge in [-0.3, -0.25) is 0 Å². The Hall–Kier alpha value is -2.01. The van der Waals surface area contributed by atoms with Gasteiger partial charge < -0.3 is 47.4 Å². The van der Waals surface area contributed by atoms with Gasteiger partial charge in [0.05, 0.1) is 37.0 Å². The summed E-state index contributed by atoms with van der Waals surface area (Å²) in [6, 6.07) is 30.4. The van der Waals surface area contributed by atoms with Gasteiger partial charge in [0.2, 0.25) is 0 Å². The van der Waals surface area contributed by atoms with Gasteiger partial charge in [-0.25, -0.2) is 0 Å². The first kappa shape index (κ1) is 36.4. The molecule has 0 spiro atoms. The molecule has 0 aliphatic carbocycles. The van der Waals surface area contributed by atoms with Gasteiger partial charge >= 0.3 is 0 Å². The number of hydrogen-bond donors (Lipinski definition) is 0. The molecule has 4 heterocycles. The number of benzene rings is 3. The van der Waals surface area contributed by atoms with Gasteiger partial charge in [0.25, 0.3) is 0 Å². The van der Waals surface area contributed by atoms with Gasteiger partial charge in [0.1, 0.15) is 42.7 Å². The lowest BCUT2D eigenvalue weighted by molar-refractivity contribution is -0.257. The Balaban J connectivity index is 1.12. The summed E-state index contributed by atoms with van der Waals surface area (Å²) in [6.07, 6.45) is -4.35. The highest BCUT2D eigenvalue weighted by Gasteiger charge is 2.61. The minimum atomic E-state index is -0.810. The van der Waals surface area contributed by atoms with Gasteiger partial charge in [-0.2, -0.15) is 0 Å². The van der Waals surface area contributed by atoms with Crippen LogP contribution in [0.5, 0.6) is 0 Å². The molecule has 4 saturated heterocycles. The molecule has 4 fully saturated rings. The van der Waals surface area contributed by atoms with Crippen molar-refractivity contribution in [1.29, 1.82) is 0 Å². The number of halogens is 1. The predicted molar refractivity (Wildman–Crippen MR) is 191 cm³/mol. The Labute approximate surface area is 308 Å². The zero-order valence-electron chi connectivity index (χ0n) is 28.9. The zero-order valence-corrected chi connectivity index (χ0v) is 31.1. The maximum atomic E-state index is 6.76. The lowest BCUT2D eigenvalue weighted by atomic mass is 9.99. The van der Waals surface area contributed by atoms with Crippen molar-refractivity contribution in [2.75, 3.05) is 13.2 Å². The third-order valence-corrected chi connectivity index (χ3v) is 10.5. The minimum Gasteiger partial charge on any atom is -0.369 e. The van der Waals surface area contributed by atoms with Crippen LogP contribution in [0.15, 0.2) is 91.0 Å². The van der Waals surface area contributed by atoms with E-state index in [1.807, 2.05) is 94.4 Å². The van der Waals surface area contributed by atoms with Gasteiger partial charge in [0, 0.05) is 0 Å². The Morgan fingerprint density at radius 3 is 1.70 bits per heavy atom. The van der Waals surface area contributed by atoms with Crippen molar-refractivity contribution in [3.8, 4) is 0 Å². The molecule has 3 aromatic rings. The molecule has 50 heavy (non-hydrogen) atoms. The SMILES string of the molecule is CC1(C)O[C@H]2[C@@H](O1)[C@@H](CO[C@H]1OC[C@@H](OCc3ccccc3)[C@H](OCc3ccccc3)[C@@H](OCc3ccccc3)[C@@H]1I)O[C@@H]1OC(C)(C)O[C@@H]12. The van der Waals surface area contributed by atoms with Crippen LogP contribution in [0.1, 0.15) is 44.4 Å². The summed E-state index contributed by atoms with van der Waals surface area (Å²) >= 11 is 2.38.